The summed E-state index contributed by atoms with van der Waals surface area (Å²) < 4.78 is 45.2. The smallest absolute Gasteiger partial charge is 0.416 e. The highest BCUT2D eigenvalue weighted by Gasteiger charge is 2.31. The van der Waals surface area contributed by atoms with E-state index in [1.165, 1.54) is 5.56 Å². The molecular formula is C24H26F3NO3. The molecule has 0 aromatic heterocycles. The second kappa shape index (κ2) is 10.3. The Labute approximate surface area is 179 Å². The summed E-state index contributed by atoms with van der Waals surface area (Å²) in [6, 6.07) is 14.9. The van der Waals surface area contributed by atoms with Crippen molar-refractivity contribution in [2.45, 2.75) is 39.4 Å². The van der Waals surface area contributed by atoms with Crippen LogP contribution in [0.1, 0.15) is 41.6 Å². The summed E-state index contributed by atoms with van der Waals surface area (Å²) in [6.45, 7) is 5.38. The van der Waals surface area contributed by atoms with Gasteiger partial charge in [-0.15, -0.1) is 0 Å². The Kier molecular flexibility index (Phi) is 8.05. The van der Waals surface area contributed by atoms with Gasteiger partial charge in [0.2, 0.25) is 0 Å². The third kappa shape index (κ3) is 7.00. The summed E-state index contributed by atoms with van der Waals surface area (Å²) in [5.41, 5.74) is 8.86. The summed E-state index contributed by atoms with van der Waals surface area (Å²) in [5, 5.41) is 8.58. The van der Waals surface area contributed by atoms with Gasteiger partial charge < -0.3 is 15.6 Å². The van der Waals surface area contributed by atoms with Gasteiger partial charge in [0.15, 0.2) is 0 Å². The van der Waals surface area contributed by atoms with Crippen LogP contribution in [0.2, 0.25) is 0 Å². The molecule has 0 heterocycles. The standard InChI is InChI=1S/C22H22F3NO.C2H4O2/c1-14-7-8-17(11-15(14)2)20(26)9-10-27-21-13-18(22(23,24)25)12-16-5-3-4-6-19(16)21;1-2(3)4/h3-8,11-13,20H,9-10,26H2,1-2H3;1H3,(H,3,4). The molecule has 166 valence electrons. The molecule has 4 nitrogen and oxygen atoms in total. The number of hydrogen-bond donors (Lipinski definition) is 2. The topological polar surface area (TPSA) is 72.5 Å². The van der Waals surface area contributed by atoms with Crippen molar-refractivity contribution in [3.05, 3.63) is 76.9 Å². The quantitative estimate of drug-likeness (QED) is 0.515. The van der Waals surface area contributed by atoms with Gasteiger partial charge in [-0.1, -0.05) is 42.5 Å². The van der Waals surface area contributed by atoms with Crippen LogP contribution < -0.4 is 10.5 Å². The van der Waals surface area contributed by atoms with Crippen LogP contribution in [0.5, 0.6) is 5.75 Å². The van der Waals surface area contributed by atoms with Gasteiger partial charge in [0, 0.05) is 24.8 Å². The Hall–Kier alpha value is -3.06. The van der Waals surface area contributed by atoms with E-state index >= 15 is 0 Å². The van der Waals surface area contributed by atoms with Crippen LogP contribution >= 0.6 is 0 Å². The molecule has 0 aliphatic carbocycles. The lowest BCUT2D eigenvalue weighted by atomic mass is 10.00. The second-order valence-electron chi connectivity index (χ2n) is 7.30. The van der Waals surface area contributed by atoms with E-state index in [0.29, 0.717) is 17.2 Å². The highest BCUT2D eigenvalue weighted by Crippen LogP contribution is 2.36. The number of carbonyl (C=O) groups is 1. The van der Waals surface area contributed by atoms with Crippen LogP contribution in [-0.2, 0) is 11.0 Å². The molecule has 0 saturated heterocycles. The first-order valence-electron chi connectivity index (χ1n) is 9.74. The average molecular weight is 433 g/mol. The number of halogens is 3. The van der Waals surface area contributed by atoms with E-state index in [4.69, 9.17) is 20.4 Å². The van der Waals surface area contributed by atoms with Crippen LogP contribution in [-0.4, -0.2) is 17.7 Å². The average Bonchev–Trinajstić information content (AvgIpc) is 2.68. The minimum absolute atomic E-state index is 0.229. The molecule has 0 fully saturated rings. The fourth-order valence-corrected chi connectivity index (χ4v) is 3.02. The number of hydrogen-bond acceptors (Lipinski definition) is 3. The number of aryl methyl sites for hydroxylation is 2. The van der Waals surface area contributed by atoms with Gasteiger partial charge in [0.1, 0.15) is 5.75 Å². The Balaban J connectivity index is 0.000000785. The van der Waals surface area contributed by atoms with Gasteiger partial charge in [-0.05, 0) is 48.1 Å². The summed E-state index contributed by atoms with van der Waals surface area (Å²) in [5.74, 6) is -0.604. The number of nitrogens with two attached hydrogens (primary N) is 1. The molecule has 0 radical (unpaired) electrons. The molecule has 3 rings (SSSR count). The molecule has 31 heavy (non-hydrogen) atoms. The molecule has 0 amide bonds. The predicted molar refractivity (Wildman–Crippen MR) is 115 cm³/mol. The van der Waals surface area contributed by atoms with E-state index in [9.17, 15) is 13.2 Å². The molecule has 7 heteroatoms. The number of aliphatic carboxylic acids is 1. The van der Waals surface area contributed by atoms with Crippen molar-refractivity contribution >= 4 is 16.7 Å². The number of benzene rings is 3. The Bertz CT molecular complexity index is 1040. The Morgan fingerprint density at radius 1 is 1.06 bits per heavy atom. The fraction of sp³-hybridized carbons (Fsp3) is 0.292. The molecule has 0 bridgehead atoms. The van der Waals surface area contributed by atoms with Crippen molar-refractivity contribution in [3.63, 3.8) is 0 Å². The van der Waals surface area contributed by atoms with Crippen molar-refractivity contribution in [2.75, 3.05) is 6.61 Å². The van der Waals surface area contributed by atoms with Crippen LogP contribution in [0.4, 0.5) is 13.2 Å². The lowest BCUT2D eigenvalue weighted by Gasteiger charge is -2.16. The van der Waals surface area contributed by atoms with Crippen LogP contribution in [0.25, 0.3) is 10.8 Å². The van der Waals surface area contributed by atoms with Gasteiger partial charge >= 0.3 is 6.18 Å². The molecular weight excluding hydrogens is 407 g/mol. The molecule has 0 aliphatic rings. The molecule has 3 aromatic carbocycles. The number of fused-ring (bicyclic) bond motifs is 1. The van der Waals surface area contributed by atoms with Gasteiger partial charge in [0.25, 0.3) is 5.97 Å². The van der Waals surface area contributed by atoms with E-state index in [-0.39, 0.29) is 18.4 Å². The first kappa shape index (κ1) is 24.2. The van der Waals surface area contributed by atoms with Crippen molar-refractivity contribution in [3.8, 4) is 5.75 Å². The van der Waals surface area contributed by atoms with Crippen molar-refractivity contribution < 1.29 is 27.8 Å². The number of alkyl halides is 3. The highest BCUT2D eigenvalue weighted by molar-refractivity contribution is 5.89. The zero-order valence-electron chi connectivity index (χ0n) is 17.7. The molecule has 1 unspecified atom stereocenters. The maximum absolute atomic E-state index is 13.2. The normalized spacial score (nSPS) is 12.1. The fourth-order valence-electron chi connectivity index (χ4n) is 3.02. The SMILES string of the molecule is CC(=O)O.Cc1ccc(C(N)CCOc2cc(C(F)(F)F)cc3ccccc23)cc1C. The summed E-state index contributed by atoms with van der Waals surface area (Å²) in [7, 11) is 0. The van der Waals surface area contributed by atoms with Crippen molar-refractivity contribution in [2.24, 2.45) is 5.73 Å². The largest absolute Gasteiger partial charge is 0.493 e. The predicted octanol–water partition coefficient (Wildman–Crippen LogP) is 6.04. The highest BCUT2D eigenvalue weighted by atomic mass is 19.4. The Morgan fingerprint density at radius 2 is 1.71 bits per heavy atom. The van der Waals surface area contributed by atoms with Gasteiger partial charge in [-0.3, -0.25) is 4.79 Å². The number of carboxylic acid groups (broad SMARTS) is 1. The third-order valence-corrected chi connectivity index (χ3v) is 4.80. The molecule has 0 aliphatic heterocycles. The second-order valence-corrected chi connectivity index (χ2v) is 7.30. The maximum atomic E-state index is 13.2. The molecule has 0 saturated carbocycles. The molecule has 1 atom stereocenters. The summed E-state index contributed by atoms with van der Waals surface area (Å²) in [6.07, 6.45) is -3.91. The van der Waals surface area contributed by atoms with Crippen LogP contribution in [0.15, 0.2) is 54.6 Å². The number of carboxylic acids is 1. The van der Waals surface area contributed by atoms with E-state index in [0.717, 1.165) is 30.2 Å². The number of ether oxygens (including phenoxy) is 1. The van der Waals surface area contributed by atoms with Crippen LogP contribution in [0, 0.1) is 13.8 Å². The lowest BCUT2D eigenvalue weighted by molar-refractivity contribution is -0.137. The molecule has 0 spiro atoms. The van der Waals surface area contributed by atoms with E-state index in [2.05, 4.69) is 0 Å². The monoisotopic (exact) mass is 433 g/mol. The zero-order chi connectivity index (χ0) is 23.2. The molecule has 3 N–H and O–H groups in total. The van der Waals surface area contributed by atoms with E-state index in [1.54, 1.807) is 24.3 Å². The van der Waals surface area contributed by atoms with Crippen molar-refractivity contribution in [1.29, 1.82) is 0 Å². The summed E-state index contributed by atoms with van der Waals surface area (Å²) >= 11 is 0. The first-order valence-corrected chi connectivity index (χ1v) is 9.74. The summed E-state index contributed by atoms with van der Waals surface area (Å²) in [4.78, 5) is 9.00. The third-order valence-electron chi connectivity index (χ3n) is 4.80. The first-order chi connectivity index (χ1) is 14.5. The van der Waals surface area contributed by atoms with E-state index in [1.807, 2.05) is 32.0 Å². The van der Waals surface area contributed by atoms with Gasteiger partial charge in [-0.25, -0.2) is 0 Å². The number of rotatable bonds is 5. The maximum Gasteiger partial charge on any atom is 0.416 e. The minimum atomic E-state index is -4.42. The van der Waals surface area contributed by atoms with Crippen LogP contribution in [0.3, 0.4) is 0 Å². The van der Waals surface area contributed by atoms with E-state index < -0.39 is 17.7 Å². The minimum Gasteiger partial charge on any atom is -0.493 e. The van der Waals surface area contributed by atoms with Gasteiger partial charge in [-0.2, -0.15) is 13.2 Å². The molecule has 3 aromatic rings. The lowest BCUT2D eigenvalue weighted by Crippen LogP contribution is -2.15. The zero-order valence-corrected chi connectivity index (χ0v) is 17.7. The van der Waals surface area contributed by atoms with Crippen molar-refractivity contribution in [1.82, 2.24) is 0 Å². The Morgan fingerprint density at radius 3 is 2.32 bits per heavy atom. The van der Waals surface area contributed by atoms with Gasteiger partial charge in [0.05, 0.1) is 12.2 Å².